The lowest BCUT2D eigenvalue weighted by Crippen LogP contribution is -2.48. The second kappa shape index (κ2) is 7.79. The van der Waals surface area contributed by atoms with Gasteiger partial charge in [-0.2, -0.15) is 0 Å². The number of nitrogens with zero attached hydrogens (tertiary/aromatic N) is 1. The van der Waals surface area contributed by atoms with Crippen LogP contribution in [0.25, 0.3) is 0 Å². The fourth-order valence-corrected chi connectivity index (χ4v) is 2.50. The van der Waals surface area contributed by atoms with Crippen LogP contribution < -0.4 is 10.1 Å². The fourth-order valence-electron chi connectivity index (χ4n) is 1.74. The van der Waals surface area contributed by atoms with Crippen molar-refractivity contribution in [2.45, 2.75) is 0 Å². The van der Waals surface area contributed by atoms with Gasteiger partial charge in [-0.25, -0.2) is 0 Å². The molecular formula is C13H14Cl2N2O3S. The lowest BCUT2D eigenvalue weighted by Gasteiger charge is -2.28. The van der Waals surface area contributed by atoms with Gasteiger partial charge in [0.15, 0.2) is 11.7 Å². The van der Waals surface area contributed by atoms with Crippen LogP contribution in [-0.2, 0) is 9.53 Å². The minimum Gasteiger partial charge on any atom is -0.482 e. The summed E-state index contributed by atoms with van der Waals surface area (Å²) in [5.41, 5.74) is 0. The van der Waals surface area contributed by atoms with Gasteiger partial charge in [0.25, 0.3) is 5.91 Å². The first-order valence-electron chi connectivity index (χ1n) is 6.30. The van der Waals surface area contributed by atoms with Crippen LogP contribution in [0.1, 0.15) is 0 Å². The van der Waals surface area contributed by atoms with Crippen LogP contribution in [0.5, 0.6) is 5.75 Å². The summed E-state index contributed by atoms with van der Waals surface area (Å²) in [6, 6.07) is 4.80. The van der Waals surface area contributed by atoms with Gasteiger partial charge in [0.2, 0.25) is 0 Å². The first-order chi connectivity index (χ1) is 10.1. The third kappa shape index (κ3) is 5.00. The number of carbonyl (C=O) groups excluding carboxylic acids is 1. The lowest BCUT2D eigenvalue weighted by molar-refractivity contribution is -0.121. The number of rotatable bonds is 3. The van der Waals surface area contributed by atoms with Gasteiger partial charge >= 0.3 is 0 Å². The molecule has 1 saturated heterocycles. The van der Waals surface area contributed by atoms with Crippen LogP contribution in [0.15, 0.2) is 18.2 Å². The molecule has 1 N–H and O–H groups in total. The molecule has 1 aliphatic heterocycles. The zero-order chi connectivity index (χ0) is 15.2. The number of thiocarbonyl (C=S) groups is 1. The third-order valence-electron chi connectivity index (χ3n) is 2.80. The predicted molar refractivity (Wildman–Crippen MR) is 85.1 cm³/mol. The van der Waals surface area contributed by atoms with Crippen LogP contribution in [0, 0.1) is 0 Å². The number of nitrogens with one attached hydrogen (secondary N) is 1. The monoisotopic (exact) mass is 348 g/mol. The normalized spacial score (nSPS) is 14.7. The Morgan fingerprint density at radius 1 is 1.38 bits per heavy atom. The van der Waals surface area contributed by atoms with Gasteiger partial charge in [0, 0.05) is 18.1 Å². The number of amides is 1. The van der Waals surface area contributed by atoms with E-state index in [0.717, 1.165) is 0 Å². The molecule has 0 aliphatic carbocycles. The van der Waals surface area contributed by atoms with Crippen molar-refractivity contribution in [1.29, 1.82) is 0 Å². The molecule has 21 heavy (non-hydrogen) atoms. The maximum absolute atomic E-state index is 11.8. The zero-order valence-corrected chi connectivity index (χ0v) is 13.4. The molecule has 1 aromatic carbocycles. The first kappa shape index (κ1) is 16.3. The van der Waals surface area contributed by atoms with Crippen molar-refractivity contribution in [3.05, 3.63) is 28.2 Å². The molecule has 0 saturated carbocycles. The molecule has 1 amide bonds. The van der Waals surface area contributed by atoms with E-state index in [1.807, 2.05) is 4.90 Å². The second-order valence-electron chi connectivity index (χ2n) is 4.32. The SMILES string of the molecule is O=C(COc1ccc(Cl)cc1Cl)NC(=S)N1CCOCC1. The average molecular weight is 349 g/mol. The zero-order valence-electron chi connectivity index (χ0n) is 11.1. The van der Waals surface area contributed by atoms with Crippen molar-refractivity contribution in [2.75, 3.05) is 32.9 Å². The molecule has 1 fully saturated rings. The van der Waals surface area contributed by atoms with Gasteiger partial charge in [-0.1, -0.05) is 23.2 Å². The smallest absolute Gasteiger partial charge is 0.264 e. The van der Waals surface area contributed by atoms with E-state index in [2.05, 4.69) is 5.32 Å². The Labute approximate surface area is 138 Å². The van der Waals surface area contributed by atoms with Gasteiger partial charge in [-0.3, -0.25) is 4.79 Å². The summed E-state index contributed by atoms with van der Waals surface area (Å²) in [4.78, 5) is 13.7. The summed E-state index contributed by atoms with van der Waals surface area (Å²) in [6.45, 7) is 2.37. The third-order valence-corrected chi connectivity index (χ3v) is 3.69. The maximum atomic E-state index is 11.8. The molecule has 1 aliphatic rings. The van der Waals surface area contributed by atoms with Crippen LogP contribution in [0.3, 0.4) is 0 Å². The summed E-state index contributed by atoms with van der Waals surface area (Å²) in [5.74, 6) is 0.0611. The van der Waals surface area contributed by atoms with Crippen LogP contribution >= 0.6 is 35.4 Å². The average Bonchev–Trinajstić information content (AvgIpc) is 2.47. The number of halogens is 2. The van der Waals surface area contributed by atoms with E-state index in [1.165, 1.54) is 0 Å². The highest BCUT2D eigenvalue weighted by Crippen LogP contribution is 2.27. The van der Waals surface area contributed by atoms with E-state index in [0.29, 0.717) is 47.2 Å². The van der Waals surface area contributed by atoms with Crippen molar-refractivity contribution < 1.29 is 14.3 Å². The van der Waals surface area contributed by atoms with Gasteiger partial charge < -0.3 is 19.7 Å². The van der Waals surface area contributed by atoms with Gasteiger partial charge in [0.05, 0.1) is 18.2 Å². The Hall–Kier alpha value is -1.08. The summed E-state index contributed by atoms with van der Waals surface area (Å²) in [5, 5.41) is 3.86. The van der Waals surface area contributed by atoms with Crippen molar-refractivity contribution in [3.8, 4) is 5.75 Å². The molecule has 0 spiro atoms. The molecule has 1 aromatic rings. The molecular weight excluding hydrogens is 335 g/mol. The van der Waals surface area contributed by atoms with Gasteiger partial charge in [-0.05, 0) is 30.4 Å². The number of morpholine rings is 1. The topological polar surface area (TPSA) is 50.8 Å². The Balaban J connectivity index is 1.80. The highest BCUT2D eigenvalue weighted by Gasteiger charge is 2.16. The summed E-state index contributed by atoms with van der Waals surface area (Å²) in [7, 11) is 0. The molecule has 8 heteroatoms. The molecule has 1 heterocycles. The first-order valence-corrected chi connectivity index (χ1v) is 7.47. The quantitative estimate of drug-likeness (QED) is 0.847. The van der Waals surface area contributed by atoms with E-state index in [4.69, 9.17) is 44.9 Å². The number of hydrogen-bond donors (Lipinski definition) is 1. The Kier molecular flexibility index (Phi) is 6.05. The molecule has 5 nitrogen and oxygen atoms in total. The molecule has 0 atom stereocenters. The standard InChI is InChI=1S/C13H14Cl2N2O3S/c14-9-1-2-11(10(15)7-9)20-8-12(18)16-13(21)17-3-5-19-6-4-17/h1-2,7H,3-6,8H2,(H,16,18,21). The number of carbonyl (C=O) groups is 1. The number of benzene rings is 1. The van der Waals surface area contributed by atoms with Crippen molar-refractivity contribution >= 4 is 46.4 Å². The van der Waals surface area contributed by atoms with E-state index < -0.39 is 0 Å². The minimum absolute atomic E-state index is 0.175. The largest absolute Gasteiger partial charge is 0.482 e. The fraction of sp³-hybridized carbons (Fsp3) is 0.385. The molecule has 0 aromatic heterocycles. The summed E-state index contributed by atoms with van der Waals surface area (Å²) in [6.07, 6.45) is 0. The highest BCUT2D eigenvalue weighted by atomic mass is 35.5. The van der Waals surface area contributed by atoms with Crippen LogP contribution in [0.2, 0.25) is 10.0 Å². The van der Waals surface area contributed by atoms with E-state index in [-0.39, 0.29) is 12.5 Å². The van der Waals surface area contributed by atoms with Crippen molar-refractivity contribution in [1.82, 2.24) is 10.2 Å². The van der Waals surface area contributed by atoms with E-state index in [9.17, 15) is 4.79 Å². The molecule has 0 unspecified atom stereocenters. The van der Waals surface area contributed by atoms with Gasteiger partial charge in [-0.15, -0.1) is 0 Å². The second-order valence-corrected chi connectivity index (χ2v) is 5.55. The Morgan fingerprint density at radius 3 is 2.76 bits per heavy atom. The Morgan fingerprint density at radius 2 is 2.10 bits per heavy atom. The molecule has 0 radical (unpaired) electrons. The summed E-state index contributed by atoms with van der Waals surface area (Å²) < 4.78 is 10.6. The lowest BCUT2D eigenvalue weighted by atomic mass is 10.3. The maximum Gasteiger partial charge on any atom is 0.264 e. The molecule has 0 bridgehead atoms. The van der Waals surface area contributed by atoms with Gasteiger partial charge in [0.1, 0.15) is 5.75 Å². The van der Waals surface area contributed by atoms with E-state index in [1.54, 1.807) is 18.2 Å². The van der Waals surface area contributed by atoms with E-state index >= 15 is 0 Å². The van der Waals surface area contributed by atoms with Crippen molar-refractivity contribution in [3.63, 3.8) is 0 Å². The highest BCUT2D eigenvalue weighted by molar-refractivity contribution is 7.80. The Bertz CT molecular complexity index is 536. The number of hydrogen-bond acceptors (Lipinski definition) is 4. The minimum atomic E-state index is -0.336. The predicted octanol–water partition coefficient (Wildman–Crippen LogP) is 2.11. The van der Waals surface area contributed by atoms with Crippen LogP contribution in [-0.4, -0.2) is 48.8 Å². The molecule has 2 rings (SSSR count). The summed E-state index contributed by atoms with van der Waals surface area (Å²) >= 11 is 16.9. The number of ether oxygens (including phenoxy) is 2. The van der Waals surface area contributed by atoms with Crippen LogP contribution in [0.4, 0.5) is 0 Å². The molecule has 114 valence electrons. The van der Waals surface area contributed by atoms with Crippen molar-refractivity contribution in [2.24, 2.45) is 0 Å².